The lowest BCUT2D eigenvalue weighted by molar-refractivity contribution is 0.0835. The van der Waals surface area contributed by atoms with E-state index in [2.05, 4.69) is 39.7 Å². The van der Waals surface area contributed by atoms with E-state index in [1.54, 1.807) is 0 Å². The molecule has 0 unspecified atom stereocenters. The zero-order valence-corrected chi connectivity index (χ0v) is 13.2. The lowest BCUT2D eigenvalue weighted by Crippen LogP contribution is -2.17. The Morgan fingerprint density at radius 3 is 2.72 bits per heavy atom. The highest BCUT2D eigenvalue weighted by Gasteiger charge is 2.19. The standard InChI is InChI=1S/C13H19BrN2OS/c1-8(2)7-10-11(14)13(18)16-12(15-10)9-3-5-17-6-4-9/h8-9H,3-7H2,1-2H3,(H,15,16,18). The average Bonchev–Trinajstić information content (AvgIpc) is 2.35. The van der Waals surface area contributed by atoms with Crippen LogP contribution in [0.25, 0.3) is 0 Å². The molecule has 5 heteroatoms. The Labute approximate surface area is 121 Å². The van der Waals surface area contributed by atoms with Gasteiger partial charge >= 0.3 is 0 Å². The van der Waals surface area contributed by atoms with Gasteiger partial charge in [-0.1, -0.05) is 26.1 Å². The predicted octanol–water partition coefficient (Wildman–Crippen LogP) is 3.99. The number of hydrogen-bond acceptors (Lipinski definition) is 3. The highest BCUT2D eigenvalue weighted by molar-refractivity contribution is 9.10. The molecule has 1 aliphatic rings. The molecule has 0 amide bonds. The highest BCUT2D eigenvalue weighted by atomic mass is 79.9. The number of ether oxygens (including phenoxy) is 1. The molecule has 2 heterocycles. The lowest BCUT2D eigenvalue weighted by Gasteiger charge is -2.22. The minimum absolute atomic E-state index is 0.458. The van der Waals surface area contributed by atoms with Gasteiger partial charge in [0.05, 0.1) is 4.47 Å². The molecule has 0 bridgehead atoms. The third kappa shape index (κ3) is 3.39. The molecule has 0 radical (unpaired) electrons. The van der Waals surface area contributed by atoms with Gasteiger partial charge < -0.3 is 9.72 Å². The van der Waals surface area contributed by atoms with Crippen molar-refractivity contribution in [2.75, 3.05) is 13.2 Å². The van der Waals surface area contributed by atoms with Crippen LogP contribution in [0.15, 0.2) is 4.47 Å². The fourth-order valence-corrected chi connectivity index (χ4v) is 2.81. The summed E-state index contributed by atoms with van der Waals surface area (Å²) in [5.41, 5.74) is 1.17. The van der Waals surface area contributed by atoms with E-state index in [0.29, 0.717) is 16.5 Å². The summed E-state index contributed by atoms with van der Waals surface area (Å²) in [6.45, 7) is 6.06. The molecule has 18 heavy (non-hydrogen) atoms. The Bertz CT molecular complexity index is 467. The molecular weight excluding hydrogens is 312 g/mol. The zero-order valence-electron chi connectivity index (χ0n) is 10.8. The average molecular weight is 331 g/mol. The van der Waals surface area contributed by atoms with Gasteiger partial charge in [-0.15, -0.1) is 0 Å². The summed E-state index contributed by atoms with van der Waals surface area (Å²) in [7, 11) is 0. The Balaban J connectivity index is 2.30. The van der Waals surface area contributed by atoms with Crippen LogP contribution in [-0.2, 0) is 11.2 Å². The molecule has 100 valence electrons. The van der Waals surface area contributed by atoms with Crippen LogP contribution in [0.1, 0.15) is 44.1 Å². The first-order chi connectivity index (χ1) is 8.58. The predicted molar refractivity (Wildman–Crippen MR) is 78.5 cm³/mol. The van der Waals surface area contributed by atoms with Crippen molar-refractivity contribution in [3.8, 4) is 0 Å². The van der Waals surface area contributed by atoms with Crippen molar-refractivity contribution in [3.63, 3.8) is 0 Å². The van der Waals surface area contributed by atoms with Crippen LogP contribution in [-0.4, -0.2) is 23.2 Å². The Hall–Kier alpha value is -0.260. The van der Waals surface area contributed by atoms with Crippen molar-refractivity contribution in [2.24, 2.45) is 5.92 Å². The quantitative estimate of drug-likeness (QED) is 0.851. The normalized spacial score (nSPS) is 17.3. The van der Waals surface area contributed by atoms with E-state index in [-0.39, 0.29) is 0 Å². The Morgan fingerprint density at radius 1 is 1.44 bits per heavy atom. The zero-order chi connectivity index (χ0) is 13.1. The van der Waals surface area contributed by atoms with Crippen molar-refractivity contribution >= 4 is 28.1 Å². The molecule has 2 rings (SSSR count). The van der Waals surface area contributed by atoms with Gasteiger partial charge in [-0.05, 0) is 41.1 Å². The van der Waals surface area contributed by atoms with Crippen LogP contribution in [0.2, 0.25) is 0 Å². The van der Waals surface area contributed by atoms with E-state index in [9.17, 15) is 0 Å². The molecule has 1 aliphatic heterocycles. The van der Waals surface area contributed by atoms with E-state index in [1.165, 1.54) is 5.69 Å². The summed E-state index contributed by atoms with van der Waals surface area (Å²) in [6, 6.07) is 0. The monoisotopic (exact) mass is 330 g/mol. The van der Waals surface area contributed by atoms with Gasteiger partial charge in [0.15, 0.2) is 0 Å². The van der Waals surface area contributed by atoms with Crippen molar-refractivity contribution in [1.29, 1.82) is 0 Å². The van der Waals surface area contributed by atoms with Gasteiger partial charge in [-0.25, -0.2) is 4.98 Å². The minimum atomic E-state index is 0.458. The third-order valence-electron chi connectivity index (χ3n) is 3.17. The number of hydrogen-bond donors (Lipinski definition) is 1. The number of nitrogens with zero attached hydrogens (tertiary/aromatic N) is 1. The molecular formula is C13H19BrN2OS. The van der Waals surface area contributed by atoms with Gasteiger partial charge in [0.1, 0.15) is 10.5 Å². The number of rotatable bonds is 3. The Morgan fingerprint density at radius 2 is 2.11 bits per heavy atom. The summed E-state index contributed by atoms with van der Waals surface area (Å²) in [5, 5.41) is 0. The maximum atomic E-state index is 5.39. The summed E-state index contributed by atoms with van der Waals surface area (Å²) >= 11 is 8.89. The molecule has 0 aliphatic carbocycles. The second kappa shape index (κ2) is 6.26. The molecule has 0 atom stereocenters. The van der Waals surface area contributed by atoms with Gasteiger partial charge in [-0.3, -0.25) is 0 Å². The van der Waals surface area contributed by atoms with E-state index in [4.69, 9.17) is 17.0 Å². The number of H-pyrrole nitrogens is 1. The number of nitrogens with one attached hydrogen (secondary N) is 1. The fourth-order valence-electron chi connectivity index (χ4n) is 2.24. The smallest absolute Gasteiger partial charge is 0.144 e. The molecule has 1 aromatic heterocycles. The molecule has 0 aromatic carbocycles. The Kier molecular flexibility index (Phi) is 4.92. The van der Waals surface area contributed by atoms with Crippen LogP contribution in [0.5, 0.6) is 0 Å². The third-order valence-corrected chi connectivity index (χ3v) is 4.59. The van der Waals surface area contributed by atoms with Crippen molar-refractivity contribution in [2.45, 2.75) is 39.0 Å². The van der Waals surface area contributed by atoms with Crippen LogP contribution >= 0.6 is 28.1 Å². The number of halogens is 1. The molecule has 0 spiro atoms. The van der Waals surface area contributed by atoms with E-state index < -0.39 is 0 Å². The maximum Gasteiger partial charge on any atom is 0.144 e. The first-order valence-electron chi connectivity index (χ1n) is 6.44. The fraction of sp³-hybridized carbons (Fsp3) is 0.692. The van der Waals surface area contributed by atoms with Crippen LogP contribution in [0, 0.1) is 10.6 Å². The molecule has 1 saturated heterocycles. The van der Waals surface area contributed by atoms with E-state index >= 15 is 0 Å². The highest BCUT2D eigenvalue weighted by Crippen LogP contribution is 2.27. The maximum absolute atomic E-state index is 5.39. The van der Waals surface area contributed by atoms with Crippen molar-refractivity contribution in [3.05, 3.63) is 20.6 Å². The first-order valence-corrected chi connectivity index (χ1v) is 7.64. The number of aromatic amines is 1. The second-order valence-electron chi connectivity index (χ2n) is 5.20. The van der Waals surface area contributed by atoms with Crippen molar-refractivity contribution < 1.29 is 4.74 Å². The first kappa shape index (κ1) is 14.2. The van der Waals surface area contributed by atoms with Gasteiger partial charge in [-0.2, -0.15) is 0 Å². The second-order valence-corrected chi connectivity index (χ2v) is 6.38. The van der Waals surface area contributed by atoms with Crippen LogP contribution in [0.3, 0.4) is 0 Å². The topological polar surface area (TPSA) is 37.9 Å². The molecule has 1 N–H and O–H groups in total. The molecule has 1 aromatic rings. The summed E-state index contributed by atoms with van der Waals surface area (Å²) in [5.74, 6) is 2.08. The van der Waals surface area contributed by atoms with Crippen LogP contribution < -0.4 is 0 Å². The van der Waals surface area contributed by atoms with Crippen LogP contribution in [0.4, 0.5) is 0 Å². The minimum Gasteiger partial charge on any atom is -0.381 e. The van der Waals surface area contributed by atoms with E-state index in [1.807, 2.05) is 0 Å². The molecule has 0 saturated carbocycles. The number of aromatic nitrogens is 2. The van der Waals surface area contributed by atoms with Crippen molar-refractivity contribution in [1.82, 2.24) is 9.97 Å². The van der Waals surface area contributed by atoms with Gasteiger partial charge in [0, 0.05) is 24.8 Å². The largest absolute Gasteiger partial charge is 0.381 e. The van der Waals surface area contributed by atoms with Gasteiger partial charge in [0.25, 0.3) is 0 Å². The molecule has 1 fully saturated rings. The summed E-state index contributed by atoms with van der Waals surface area (Å²) in [4.78, 5) is 8.00. The van der Waals surface area contributed by atoms with Gasteiger partial charge in [0.2, 0.25) is 0 Å². The van der Waals surface area contributed by atoms with E-state index in [0.717, 1.165) is 42.8 Å². The SMILES string of the molecule is CC(C)Cc1[nH]c(C2CCOCC2)nc(=S)c1Br. The lowest BCUT2D eigenvalue weighted by atomic mass is 9.99. The molecule has 3 nitrogen and oxygen atoms in total. The summed E-state index contributed by atoms with van der Waals surface area (Å²) in [6.07, 6.45) is 3.05. The summed E-state index contributed by atoms with van der Waals surface area (Å²) < 4.78 is 7.01.